The van der Waals surface area contributed by atoms with Gasteiger partial charge < -0.3 is 16.0 Å². The first-order valence-electron chi connectivity index (χ1n) is 8.62. The molecule has 0 saturated heterocycles. The van der Waals surface area contributed by atoms with Crippen LogP contribution in [0.1, 0.15) is 24.2 Å². The van der Waals surface area contributed by atoms with Crippen molar-refractivity contribution >= 4 is 28.9 Å². The molecule has 0 radical (unpaired) electrons. The summed E-state index contributed by atoms with van der Waals surface area (Å²) < 4.78 is 13.4. The summed E-state index contributed by atoms with van der Waals surface area (Å²) in [5, 5.41) is 18.9. The number of nitro benzene ring substituents is 1. The lowest BCUT2D eigenvalue weighted by Crippen LogP contribution is -2.29. The zero-order valence-corrected chi connectivity index (χ0v) is 15.5. The highest BCUT2D eigenvalue weighted by molar-refractivity contribution is 6.04. The number of anilines is 2. The molecule has 0 aliphatic carbocycles. The van der Waals surface area contributed by atoms with E-state index < -0.39 is 22.3 Å². The molecular formula is C19H21FN4O4. The molecule has 148 valence electrons. The van der Waals surface area contributed by atoms with Crippen LogP contribution in [-0.4, -0.2) is 29.8 Å². The van der Waals surface area contributed by atoms with Crippen molar-refractivity contribution in [1.29, 1.82) is 0 Å². The van der Waals surface area contributed by atoms with E-state index in [4.69, 9.17) is 0 Å². The maximum Gasteiger partial charge on any atom is 0.306 e. The minimum absolute atomic E-state index is 0.218. The van der Waals surface area contributed by atoms with Gasteiger partial charge in [-0.1, -0.05) is 26.0 Å². The largest absolute Gasteiger partial charge is 0.376 e. The zero-order chi connectivity index (χ0) is 20.7. The molecule has 0 aliphatic heterocycles. The Bertz CT molecular complexity index is 886. The molecule has 0 spiro atoms. The number of halogens is 1. The van der Waals surface area contributed by atoms with E-state index in [9.17, 15) is 24.1 Å². The Hall–Kier alpha value is -3.49. The standard InChI is InChI=1S/C19H21FN4O4/c1-12(2)10-22-19(26)14-5-3-4-6-16(14)23-18(25)11-21-13-7-8-15(20)17(9-13)24(27)28/h3-9,12,21H,10-11H2,1-2H3,(H,22,26)(H,23,25). The van der Waals surface area contributed by atoms with E-state index in [0.717, 1.165) is 12.1 Å². The average Bonchev–Trinajstić information content (AvgIpc) is 2.65. The van der Waals surface area contributed by atoms with Crippen molar-refractivity contribution in [2.24, 2.45) is 5.92 Å². The third-order valence-corrected chi connectivity index (χ3v) is 3.71. The number of para-hydroxylation sites is 1. The lowest BCUT2D eigenvalue weighted by atomic mass is 10.1. The zero-order valence-electron chi connectivity index (χ0n) is 15.5. The highest BCUT2D eigenvalue weighted by Gasteiger charge is 2.16. The molecule has 2 amide bonds. The topological polar surface area (TPSA) is 113 Å². The molecule has 3 N–H and O–H groups in total. The number of amides is 2. The van der Waals surface area contributed by atoms with Gasteiger partial charge in [-0.05, 0) is 30.2 Å². The van der Waals surface area contributed by atoms with Gasteiger partial charge in [0, 0.05) is 18.3 Å². The number of carbonyl (C=O) groups excluding carboxylic acids is 2. The summed E-state index contributed by atoms with van der Waals surface area (Å²) >= 11 is 0. The van der Waals surface area contributed by atoms with Gasteiger partial charge in [0.2, 0.25) is 11.7 Å². The second kappa shape index (κ2) is 9.45. The monoisotopic (exact) mass is 388 g/mol. The molecule has 0 aliphatic rings. The second-order valence-electron chi connectivity index (χ2n) is 6.47. The minimum atomic E-state index is -0.957. The smallest absolute Gasteiger partial charge is 0.306 e. The average molecular weight is 388 g/mol. The van der Waals surface area contributed by atoms with Crippen molar-refractivity contribution in [1.82, 2.24) is 5.32 Å². The quantitative estimate of drug-likeness (QED) is 0.475. The van der Waals surface area contributed by atoms with E-state index >= 15 is 0 Å². The minimum Gasteiger partial charge on any atom is -0.376 e. The van der Waals surface area contributed by atoms with Crippen LogP contribution in [0.3, 0.4) is 0 Å². The van der Waals surface area contributed by atoms with E-state index in [1.54, 1.807) is 24.3 Å². The number of rotatable bonds is 8. The first-order chi connectivity index (χ1) is 13.3. The molecule has 0 unspecified atom stereocenters. The molecule has 2 aromatic rings. The van der Waals surface area contributed by atoms with Gasteiger partial charge in [0.25, 0.3) is 5.91 Å². The van der Waals surface area contributed by atoms with E-state index in [-0.39, 0.29) is 24.1 Å². The van der Waals surface area contributed by atoms with Crippen molar-refractivity contribution in [3.8, 4) is 0 Å². The molecule has 0 aromatic heterocycles. The Morgan fingerprint density at radius 2 is 1.89 bits per heavy atom. The fraction of sp³-hybridized carbons (Fsp3) is 0.263. The molecule has 0 atom stereocenters. The molecule has 0 fully saturated rings. The summed E-state index contributed by atoms with van der Waals surface area (Å²) in [7, 11) is 0. The fourth-order valence-electron chi connectivity index (χ4n) is 2.32. The Kier molecular flexibility index (Phi) is 7.02. The van der Waals surface area contributed by atoms with Crippen LogP contribution in [-0.2, 0) is 4.79 Å². The first-order valence-corrected chi connectivity index (χ1v) is 8.62. The number of hydrogen-bond donors (Lipinski definition) is 3. The van der Waals surface area contributed by atoms with Gasteiger partial charge in [-0.3, -0.25) is 19.7 Å². The van der Waals surface area contributed by atoms with Crippen LogP contribution in [0.4, 0.5) is 21.5 Å². The Morgan fingerprint density at radius 1 is 1.18 bits per heavy atom. The van der Waals surface area contributed by atoms with Crippen LogP contribution in [0.2, 0.25) is 0 Å². The molecule has 0 bridgehead atoms. The van der Waals surface area contributed by atoms with Crippen LogP contribution >= 0.6 is 0 Å². The van der Waals surface area contributed by atoms with Gasteiger partial charge in [0.05, 0.1) is 22.7 Å². The van der Waals surface area contributed by atoms with Crippen molar-refractivity contribution in [3.05, 3.63) is 64.0 Å². The van der Waals surface area contributed by atoms with Gasteiger partial charge in [-0.15, -0.1) is 0 Å². The van der Waals surface area contributed by atoms with Crippen molar-refractivity contribution < 1.29 is 18.9 Å². The summed E-state index contributed by atoms with van der Waals surface area (Å²) in [4.78, 5) is 34.4. The number of benzene rings is 2. The van der Waals surface area contributed by atoms with Crippen molar-refractivity contribution in [2.75, 3.05) is 23.7 Å². The van der Waals surface area contributed by atoms with Crippen LogP contribution < -0.4 is 16.0 Å². The second-order valence-corrected chi connectivity index (χ2v) is 6.47. The summed E-state index contributed by atoms with van der Waals surface area (Å²) in [6.07, 6.45) is 0. The van der Waals surface area contributed by atoms with Crippen molar-refractivity contribution in [3.63, 3.8) is 0 Å². The SMILES string of the molecule is CC(C)CNC(=O)c1ccccc1NC(=O)CNc1ccc(F)c([N+](=O)[O-])c1. The third kappa shape index (κ3) is 5.76. The first kappa shape index (κ1) is 20.8. The molecule has 8 nitrogen and oxygen atoms in total. The molecule has 0 heterocycles. The Morgan fingerprint density at radius 3 is 2.57 bits per heavy atom. The predicted octanol–water partition coefficient (Wildman–Crippen LogP) is 3.17. The maximum absolute atomic E-state index is 13.4. The van der Waals surface area contributed by atoms with E-state index in [2.05, 4.69) is 16.0 Å². The molecule has 2 aromatic carbocycles. The highest BCUT2D eigenvalue weighted by Crippen LogP contribution is 2.21. The van der Waals surface area contributed by atoms with E-state index in [0.29, 0.717) is 17.8 Å². The summed E-state index contributed by atoms with van der Waals surface area (Å²) in [6.45, 7) is 4.23. The van der Waals surface area contributed by atoms with Crippen LogP contribution in [0, 0.1) is 21.8 Å². The van der Waals surface area contributed by atoms with Crippen LogP contribution in [0.25, 0.3) is 0 Å². The number of nitrogens with zero attached hydrogens (tertiary/aromatic N) is 1. The molecule has 2 rings (SSSR count). The number of hydrogen-bond acceptors (Lipinski definition) is 5. The Balaban J connectivity index is 2.01. The summed E-state index contributed by atoms with van der Waals surface area (Å²) in [5.74, 6) is -1.43. The molecule has 0 saturated carbocycles. The number of nitro groups is 1. The normalized spacial score (nSPS) is 10.4. The lowest BCUT2D eigenvalue weighted by molar-refractivity contribution is -0.387. The fourth-order valence-corrected chi connectivity index (χ4v) is 2.32. The van der Waals surface area contributed by atoms with Gasteiger partial charge in [-0.2, -0.15) is 4.39 Å². The van der Waals surface area contributed by atoms with Crippen LogP contribution in [0.5, 0.6) is 0 Å². The maximum atomic E-state index is 13.4. The van der Waals surface area contributed by atoms with Crippen molar-refractivity contribution in [2.45, 2.75) is 13.8 Å². The van der Waals surface area contributed by atoms with E-state index in [1.165, 1.54) is 6.07 Å². The highest BCUT2D eigenvalue weighted by atomic mass is 19.1. The summed E-state index contributed by atoms with van der Waals surface area (Å²) in [6, 6.07) is 9.83. The van der Waals surface area contributed by atoms with Crippen LogP contribution in [0.15, 0.2) is 42.5 Å². The van der Waals surface area contributed by atoms with Gasteiger partial charge in [0.1, 0.15) is 0 Å². The number of carbonyl (C=O) groups is 2. The Labute approximate surface area is 161 Å². The van der Waals surface area contributed by atoms with Gasteiger partial charge >= 0.3 is 5.69 Å². The van der Waals surface area contributed by atoms with E-state index in [1.807, 2.05) is 13.8 Å². The summed E-state index contributed by atoms with van der Waals surface area (Å²) in [5.41, 5.74) is 0.221. The van der Waals surface area contributed by atoms with Gasteiger partial charge in [-0.25, -0.2) is 0 Å². The molecular weight excluding hydrogens is 367 g/mol. The third-order valence-electron chi connectivity index (χ3n) is 3.71. The van der Waals surface area contributed by atoms with Gasteiger partial charge in [0.15, 0.2) is 0 Å². The molecule has 28 heavy (non-hydrogen) atoms. The lowest BCUT2D eigenvalue weighted by Gasteiger charge is -2.13. The number of nitrogens with one attached hydrogen (secondary N) is 3. The predicted molar refractivity (Wildman–Crippen MR) is 104 cm³/mol. The molecule has 9 heteroatoms.